The first kappa shape index (κ1) is 18.4. The molecule has 0 aliphatic rings. The number of hydrogen-bond acceptors (Lipinski definition) is 4. The van der Waals surface area contributed by atoms with Gasteiger partial charge in [-0.1, -0.05) is 35.4 Å². The number of halogens is 1. The average molecular weight is 387 g/mol. The van der Waals surface area contributed by atoms with E-state index in [2.05, 4.69) is 10.3 Å². The molecular formula is C20H19ClN2O2S. The highest BCUT2D eigenvalue weighted by Gasteiger charge is 2.10. The second kappa shape index (κ2) is 8.34. The largest absolute Gasteiger partial charge is 0.486 e. The van der Waals surface area contributed by atoms with Crippen LogP contribution in [0.2, 0.25) is 5.02 Å². The number of benzene rings is 2. The molecule has 0 saturated carbocycles. The lowest BCUT2D eigenvalue weighted by Gasteiger charge is -2.07. The van der Waals surface area contributed by atoms with Crippen LogP contribution in [0, 0.1) is 13.8 Å². The number of aromatic nitrogens is 1. The van der Waals surface area contributed by atoms with Gasteiger partial charge in [-0.25, -0.2) is 4.98 Å². The zero-order chi connectivity index (χ0) is 18.5. The van der Waals surface area contributed by atoms with Gasteiger partial charge in [-0.15, -0.1) is 11.3 Å². The Morgan fingerprint density at radius 2 is 1.88 bits per heavy atom. The number of rotatable bonds is 6. The minimum absolute atomic E-state index is 0.146. The van der Waals surface area contributed by atoms with E-state index in [0.717, 1.165) is 22.0 Å². The van der Waals surface area contributed by atoms with Gasteiger partial charge in [0.2, 0.25) is 5.91 Å². The lowest BCUT2D eigenvalue weighted by molar-refractivity contribution is -0.115. The zero-order valence-corrected chi connectivity index (χ0v) is 16.2. The monoisotopic (exact) mass is 386 g/mol. The van der Waals surface area contributed by atoms with Crippen molar-refractivity contribution in [1.29, 1.82) is 0 Å². The van der Waals surface area contributed by atoms with Gasteiger partial charge in [-0.3, -0.25) is 4.79 Å². The molecule has 1 aromatic heterocycles. The molecule has 1 heterocycles. The van der Waals surface area contributed by atoms with Crippen LogP contribution in [0.1, 0.15) is 21.8 Å². The molecule has 1 amide bonds. The Labute approximate surface area is 161 Å². The molecule has 3 aromatic rings. The Bertz CT molecular complexity index is 906. The van der Waals surface area contributed by atoms with Crippen LogP contribution in [0.15, 0.2) is 47.8 Å². The molecule has 1 N–H and O–H groups in total. The molecule has 0 saturated heterocycles. The molecule has 6 heteroatoms. The summed E-state index contributed by atoms with van der Waals surface area (Å²) in [5.41, 5.74) is 3.57. The molecule has 4 nitrogen and oxygen atoms in total. The van der Waals surface area contributed by atoms with Crippen LogP contribution in [-0.4, -0.2) is 10.9 Å². The van der Waals surface area contributed by atoms with Crippen LogP contribution in [0.3, 0.4) is 0 Å². The van der Waals surface area contributed by atoms with Crippen molar-refractivity contribution in [2.45, 2.75) is 26.9 Å². The minimum Gasteiger partial charge on any atom is -0.486 e. The number of carbonyl (C=O) groups excluding carboxylic acids is 1. The van der Waals surface area contributed by atoms with Crippen LogP contribution >= 0.6 is 22.9 Å². The van der Waals surface area contributed by atoms with E-state index in [-0.39, 0.29) is 12.3 Å². The highest BCUT2D eigenvalue weighted by Crippen LogP contribution is 2.23. The van der Waals surface area contributed by atoms with E-state index in [1.54, 1.807) is 6.07 Å². The van der Waals surface area contributed by atoms with Crippen molar-refractivity contribution < 1.29 is 9.53 Å². The molecule has 0 bridgehead atoms. The van der Waals surface area contributed by atoms with E-state index in [1.807, 2.05) is 55.6 Å². The van der Waals surface area contributed by atoms with Crippen molar-refractivity contribution >= 4 is 34.5 Å². The minimum atomic E-state index is -0.146. The van der Waals surface area contributed by atoms with Crippen LogP contribution in [0.25, 0.3) is 0 Å². The van der Waals surface area contributed by atoms with E-state index in [9.17, 15) is 4.79 Å². The normalized spacial score (nSPS) is 10.6. The van der Waals surface area contributed by atoms with Crippen LogP contribution in [-0.2, 0) is 17.8 Å². The van der Waals surface area contributed by atoms with Gasteiger partial charge in [0.1, 0.15) is 17.4 Å². The number of aryl methyl sites for hydroxylation is 2. The molecule has 0 unspecified atom stereocenters. The number of nitrogens with zero attached hydrogens (tertiary/aromatic N) is 1. The number of thiazole rings is 1. The van der Waals surface area contributed by atoms with Crippen molar-refractivity contribution in [3.63, 3.8) is 0 Å². The summed E-state index contributed by atoms with van der Waals surface area (Å²) >= 11 is 7.63. The lowest BCUT2D eigenvalue weighted by Crippen LogP contribution is -2.15. The molecule has 26 heavy (non-hydrogen) atoms. The van der Waals surface area contributed by atoms with Crippen molar-refractivity contribution in [2.24, 2.45) is 0 Å². The predicted octanol–water partition coefficient (Wildman–Crippen LogP) is 5.17. The molecule has 0 aliphatic carbocycles. The van der Waals surface area contributed by atoms with E-state index in [1.165, 1.54) is 16.9 Å². The average Bonchev–Trinajstić information content (AvgIpc) is 3.04. The molecule has 0 radical (unpaired) electrons. The Hall–Kier alpha value is -2.37. The molecule has 0 atom stereocenters. The maximum atomic E-state index is 12.2. The molecule has 0 aliphatic heterocycles. The third-order valence-electron chi connectivity index (χ3n) is 3.72. The fourth-order valence-corrected chi connectivity index (χ4v) is 3.34. The topological polar surface area (TPSA) is 51.2 Å². The predicted molar refractivity (Wildman–Crippen MR) is 106 cm³/mol. The number of amides is 1. The summed E-state index contributed by atoms with van der Waals surface area (Å²) < 4.78 is 5.72. The third-order valence-corrected chi connectivity index (χ3v) is 4.91. The first-order chi connectivity index (χ1) is 12.5. The number of carbonyl (C=O) groups is 1. The maximum Gasteiger partial charge on any atom is 0.230 e. The second-order valence-corrected chi connectivity index (χ2v) is 7.39. The van der Waals surface area contributed by atoms with Gasteiger partial charge in [0.25, 0.3) is 0 Å². The molecule has 0 spiro atoms. The standard InChI is InChI=1S/C20H19ClN2O2S/c1-13-3-6-16(7-4-13)25-11-20-22-15(12-26-20)10-19(24)23-18-8-5-14(2)9-17(18)21/h3-9,12H,10-11H2,1-2H3,(H,23,24). The van der Waals surface area contributed by atoms with E-state index >= 15 is 0 Å². The Kier molecular flexibility index (Phi) is 5.91. The molecule has 134 valence electrons. The van der Waals surface area contributed by atoms with Gasteiger partial charge in [0, 0.05) is 5.38 Å². The van der Waals surface area contributed by atoms with E-state index in [0.29, 0.717) is 17.3 Å². The van der Waals surface area contributed by atoms with E-state index < -0.39 is 0 Å². The zero-order valence-electron chi connectivity index (χ0n) is 14.6. The number of ether oxygens (including phenoxy) is 1. The Morgan fingerprint density at radius 1 is 1.15 bits per heavy atom. The summed E-state index contributed by atoms with van der Waals surface area (Å²) in [5.74, 6) is 0.658. The highest BCUT2D eigenvalue weighted by molar-refractivity contribution is 7.09. The number of nitrogens with one attached hydrogen (secondary N) is 1. The smallest absolute Gasteiger partial charge is 0.230 e. The van der Waals surface area contributed by atoms with Gasteiger partial charge < -0.3 is 10.1 Å². The first-order valence-electron chi connectivity index (χ1n) is 8.18. The van der Waals surface area contributed by atoms with Crippen molar-refractivity contribution in [3.05, 3.63) is 74.7 Å². The molecule has 2 aromatic carbocycles. The Morgan fingerprint density at radius 3 is 2.62 bits per heavy atom. The lowest BCUT2D eigenvalue weighted by atomic mass is 10.2. The van der Waals surface area contributed by atoms with Gasteiger partial charge in [0.05, 0.1) is 22.8 Å². The van der Waals surface area contributed by atoms with Gasteiger partial charge in [-0.05, 0) is 43.7 Å². The second-order valence-electron chi connectivity index (χ2n) is 6.04. The van der Waals surface area contributed by atoms with Gasteiger partial charge in [-0.2, -0.15) is 0 Å². The number of anilines is 1. The van der Waals surface area contributed by atoms with Crippen LogP contribution in [0.4, 0.5) is 5.69 Å². The fourth-order valence-electron chi connectivity index (χ4n) is 2.36. The molecule has 0 fully saturated rings. The summed E-state index contributed by atoms with van der Waals surface area (Å²) in [7, 11) is 0. The van der Waals surface area contributed by atoms with Crippen molar-refractivity contribution in [1.82, 2.24) is 4.98 Å². The van der Waals surface area contributed by atoms with Crippen LogP contribution in [0.5, 0.6) is 5.75 Å². The molecular weight excluding hydrogens is 368 g/mol. The van der Waals surface area contributed by atoms with Gasteiger partial charge >= 0.3 is 0 Å². The SMILES string of the molecule is Cc1ccc(OCc2nc(CC(=O)Nc3ccc(C)cc3Cl)cs2)cc1. The van der Waals surface area contributed by atoms with Crippen molar-refractivity contribution in [2.75, 3.05) is 5.32 Å². The van der Waals surface area contributed by atoms with Crippen molar-refractivity contribution in [3.8, 4) is 5.75 Å². The van der Waals surface area contributed by atoms with Crippen LogP contribution < -0.4 is 10.1 Å². The van der Waals surface area contributed by atoms with E-state index in [4.69, 9.17) is 16.3 Å². The first-order valence-corrected chi connectivity index (χ1v) is 9.44. The number of hydrogen-bond donors (Lipinski definition) is 1. The maximum absolute atomic E-state index is 12.2. The fraction of sp³-hybridized carbons (Fsp3) is 0.200. The summed E-state index contributed by atoms with van der Waals surface area (Å²) in [5, 5.41) is 6.07. The Balaban J connectivity index is 1.54. The summed E-state index contributed by atoms with van der Waals surface area (Å²) in [6.45, 7) is 4.37. The summed E-state index contributed by atoms with van der Waals surface area (Å²) in [6.07, 6.45) is 0.200. The summed E-state index contributed by atoms with van der Waals surface area (Å²) in [6, 6.07) is 13.4. The van der Waals surface area contributed by atoms with Gasteiger partial charge in [0.15, 0.2) is 0 Å². The third kappa shape index (κ3) is 5.07. The molecule has 3 rings (SSSR count). The quantitative estimate of drug-likeness (QED) is 0.635. The highest BCUT2D eigenvalue weighted by atomic mass is 35.5. The summed E-state index contributed by atoms with van der Waals surface area (Å²) in [4.78, 5) is 16.7.